The first kappa shape index (κ1) is 12.8. The lowest BCUT2D eigenvalue weighted by atomic mass is 10.1. The minimum atomic E-state index is -4.46. The molecule has 3 nitrogen and oxygen atoms in total. The smallest absolute Gasteiger partial charge is 0.420 e. The van der Waals surface area contributed by atoms with Crippen LogP contribution in [0, 0.1) is 0 Å². The van der Waals surface area contributed by atoms with Crippen LogP contribution in [-0.2, 0) is 6.18 Å². The summed E-state index contributed by atoms with van der Waals surface area (Å²) < 4.78 is 48.7. The molecule has 0 atom stereocenters. The molecule has 0 saturated carbocycles. The quantitative estimate of drug-likeness (QED) is 0.887. The average Bonchev–Trinajstić information content (AvgIpc) is 2.34. The number of hydrogen-bond donors (Lipinski definition) is 1. The minimum Gasteiger partial charge on any atom is -0.485 e. The van der Waals surface area contributed by atoms with Crippen LogP contribution in [0.3, 0.4) is 0 Å². The first-order chi connectivity index (χ1) is 8.54. The molecule has 0 amide bonds. The minimum absolute atomic E-state index is 0.111. The molecule has 0 aromatic heterocycles. The van der Waals surface area contributed by atoms with Crippen molar-refractivity contribution in [2.75, 3.05) is 19.8 Å². The molecule has 1 heterocycles. The van der Waals surface area contributed by atoms with E-state index in [1.54, 1.807) is 12.2 Å². The van der Waals surface area contributed by atoms with E-state index in [1.165, 1.54) is 6.07 Å². The third kappa shape index (κ3) is 2.43. The van der Waals surface area contributed by atoms with Gasteiger partial charge in [0.1, 0.15) is 18.8 Å². The van der Waals surface area contributed by atoms with Crippen molar-refractivity contribution in [2.45, 2.75) is 6.18 Å². The second-order valence-corrected chi connectivity index (χ2v) is 3.69. The van der Waals surface area contributed by atoms with Crippen LogP contribution in [0.4, 0.5) is 13.2 Å². The van der Waals surface area contributed by atoms with Gasteiger partial charge >= 0.3 is 6.18 Å². The Morgan fingerprint density at radius 3 is 2.44 bits per heavy atom. The molecule has 2 N–H and O–H groups in total. The summed E-state index contributed by atoms with van der Waals surface area (Å²) >= 11 is 0. The van der Waals surface area contributed by atoms with Crippen LogP contribution in [0.25, 0.3) is 6.08 Å². The summed E-state index contributed by atoms with van der Waals surface area (Å²) in [5.41, 5.74) is 5.03. The van der Waals surface area contributed by atoms with Crippen molar-refractivity contribution in [3.05, 3.63) is 29.3 Å². The number of benzene rings is 1. The van der Waals surface area contributed by atoms with Crippen molar-refractivity contribution >= 4 is 6.08 Å². The molecule has 1 aliphatic heterocycles. The molecule has 0 spiro atoms. The van der Waals surface area contributed by atoms with Crippen LogP contribution >= 0.6 is 0 Å². The summed E-state index contributed by atoms with van der Waals surface area (Å²) in [7, 11) is 0. The molecule has 98 valence electrons. The number of hydrogen-bond acceptors (Lipinski definition) is 3. The first-order valence-electron chi connectivity index (χ1n) is 5.40. The Hall–Kier alpha value is -1.69. The number of alkyl halides is 3. The van der Waals surface area contributed by atoms with E-state index >= 15 is 0 Å². The van der Waals surface area contributed by atoms with Gasteiger partial charge < -0.3 is 15.2 Å². The largest absolute Gasteiger partial charge is 0.485 e. The zero-order valence-electron chi connectivity index (χ0n) is 9.46. The number of halogens is 3. The molecule has 1 aromatic carbocycles. The van der Waals surface area contributed by atoms with Gasteiger partial charge in [0.25, 0.3) is 0 Å². The van der Waals surface area contributed by atoms with Crippen molar-refractivity contribution in [1.82, 2.24) is 0 Å². The van der Waals surface area contributed by atoms with Crippen LogP contribution in [0.2, 0.25) is 0 Å². The molecule has 1 aliphatic rings. The van der Waals surface area contributed by atoms with E-state index < -0.39 is 11.7 Å². The Labute approximate surface area is 102 Å². The predicted molar refractivity (Wildman–Crippen MR) is 60.5 cm³/mol. The number of ether oxygens (including phenoxy) is 2. The van der Waals surface area contributed by atoms with Gasteiger partial charge in [-0.05, 0) is 6.07 Å². The Morgan fingerprint density at radius 2 is 1.83 bits per heavy atom. The third-order valence-electron chi connectivity index (χ3n) is 2.46. The molecule has 18 heavy (non-hydrogen) atoms. The molecule has 0 radical (unpaired) electrons. The zero-order valence-corrected chi connectivity index (χ0v) is 9.46. The first-order valence-corrected chi connectivity index (χ1v) is 5.40. The third-order valence-corrected chi connectivity index (χ3v) is 2.46. The van der Waals surface area contributed by atoms with Crippen molar-refractivity contribution < 1.29 is 22.6 Å². The van der Waals surface area contributed by atoms with E-state index in [0.29, 0.717) is 12.1 Å². The molecule has 0 bridgehead atoms. The number of nitrogens with two attached hydrogens (primary N) is 1. The summed E-state index contributed by atoms with van der Waals surface area (Å²) in [6.07, 6.45) is -1.20. The maximum Gasteiger partial charge on any atom is 0.420 e. The van der Waals surface area contributed by atoms with E-state index in [-0.39, 0.29) is 24.7 Å². The van der Waals surface area contributed by atoms with E-state index in [0.717, 1.165) is 6.07 Å². The molecule has 0 saturated heterocycles. The van der Waals surface area contributed by atoms with Gasteiger partial charge in [-0.2, -0.15) is 13.2 Å². The van der Waals surface area contributed by atoms with Crippen LogP contribution < -0.4 is 15.2 Å². The predicted octanol–water partition coefficient (Wildman–Crippen LogP) is 2.45. The summed E-state index contributed by atoms with van der Waals surface area (Å²) in [5.74, 6) is -0.117. The van der Waals surface area contributed by atoms with E-state index in [2.05, 4.69) is 0 Å². The van der Waals surface area contributed by atoms with Crippen molar-refractivity contribution in [3.63, 3.8) is 0 Å². The van der Waals surface area contributed by atoms with Crippen LogP contribution in [0.5, 0.6) is 11.5 Å². The Bertz CT molecular complexity index is 469. The lowest BCUT2D eigenvalue weighted by Crippen LogP contribution is -2.20. The molecule has 0 aliphatic carbocycles. The van der Waals surface area contributed by atoms with E-state index in [1.807, 2.05) is 0 Å². The van der Waals surface area contributed by atoms with Gasteiger partial charge in [0.2, 0.25) is 0 Å². The van der Waals surface area contributed by atoms with E-state index in [4.69, 9.17) is 15.2 Å². The topological polar surface area (TPSA) is 44.5 Å². The van der Waals surface area contributed by atoms with Crippen molar-refractivity contribution in [1.29, 1.82) is 0 Å². The highest BCUT2D eigenvalue weighted by atomic mass is 19.4. The highest BCUT2D eigenvalue weighted by Crippen LogP contribution is 2.45. The molecule has 1 aromatic rings. The fourth-order valence-electron chi connectivity index (χ4n) is 1.71. The molecular weight excluding hydrogens is 247 g/mol. The van der Waals surface area contributed by atoms with Crippen molar-refractivity contribution in [2.24, 2.45) is 5.73 Å². The van der Waals surface area contributed by atoms with Gasteiger partial charge in [-0.3, -0.25) is 0 Å². The lowest BCUT2D eigenvalue weighted by molar-refractivity contribution is -0.139. The SMILES string of the molecule is NC/C=C/c1ccc(C(F)(F)F)c2c1OCCO2. The fraction of sp³-hybridized carbons (Fsp3) is 0.333. The summed E-state index contributed by atoms with van der Waals surface area (Å²) in [6, 6.07) is 2.34. The van der Waals surface area contributed by atoms with Gasteiger partial charge in [-0.1, -0.05) is 18.2 Å². The lowest BCUT2D eigenvalue weighted by Gasteiger charge is -2.23. The fourth-order valence-corrected chi connectivity index (χ4v) is 1.71. The normalized spacial score (nSPS) is 15.1. The van der Waals surface area contributed by atoms with Gasteiger partial charge in [-0.25, -0.2) is 0 Å². The summed E-state index contributed by atoms with van der Waals surface area (Å²) in [6.45, 7) is 0.647. The van der Waals surface area contributed by atoms with Crippen LogP contribution in [0.15, 0.2) is 18.2 Å². The van der Waals surface area contributed by atoms with Crippen LogP contribution in [-0.4, -0.2) is 19.8 Å². The molecule has 6 heteroatoms. The summed E-state index contributed by atoms with van der Waals surface area (Å²) in [5, 5.41) is 0. The average molecular weight is 259 g/mol. The molecule has 0 fully saturated rings. The van der Waals surface area contributed by atoms with Crippen LogP contribution in [0.1, 0.15) is 11.1 Å². The van der Waals surface area contributed by atoms with Gasteiger partial charge in [0, 0.05) is 12.1 Å². The Balaban J connectivity index is 2.52. The standard InChI is InChI=1S/C12H12F3NO2/c13-12(14,15)9-4-3-8(2-1-5-16)10-11(9)18-7-6-17-10/h1-4H,5-7,16H2/b2-1+. The summed E-state index contributed by atoms with van der Waals surface area (Å²) in [4.78, 5) is 0. The zero-order chi connectivity index (χ0) is 13.2. The Morgan fingerprint density at radius 1 is 1.17 bits per heavy atom. The molecular formula is C12H12F3NO2. The maximum absolute atomic E-state index is 12.8. The van der Waals surface area contributed by atoms with Gasteiger partial charge in [0.15, 0.2) is 11.5 Å². The molecule has 0 unspecified atom stereocenters. The second-order valence-electron chi connectivity index (χ2n) is 3.69. The monoisotopic (exact) mass is 259 g/mol. The van der Waals surface area contributed by atoms with Gasteiger partial charge in [0.05, 0.1) is 0 Å². The highest BCUT2D eigenvalue weighted by Gasteiger charge is 2.37. The molecule has 2 rings (SSSR count). The second kappa shape index (κ2) is 4.89. The number of rotatable bonds is 2. The highest BCUT2D eigenvalue weighted by molar-refractivity contribution is 5.65. The van der Waals surface area contributed by atoms with Gasteiger partial charge in [-0.15, -0.1) is 0 Å². The number of fused-ring (bicyclic) bond motifs is 1. The van der Waals surface area contributed by atoms with Crippen molar-refractivity contribution in [3.8, 4) is 11.5 Å². The maximum atomic E-state index is 12.8. The van der Waals surface area contributed by atoms with E-state index in [9.17, 15) is 13.2 Å². The Kier molecular flexibility index (Phi) is 3.47.